The zero-order valence-corrected chi connectivity index (χ0v) is 19.4. The fourth-order valence-electron chi connectivity index (χ4n) is 5.26. The van der Waals surface area contributed by atoms with Crippen molar-refractivity contribution in [2.45, 2.75) is 61.4 Å². The highest BCUT2D eigenvalue weighted by Gasteiger charge is 2.41. The minimum atomic E-state index is -0.0739. The third kappa shape index (κ3) is 5.90. The number of alkyl halides is 2. The van der Waals surface area contributed by atoms with Gasteiger partial charge in [-0.25, -0.2) is 0 Å². The summed E-state index contributed by atoms with van der Waals surface area (Å²) >= 11 is 13.1. The number of carbonyl (C=O) groups is 2. The van der Waals surface area contributed by atoms with Crippen LogP contribution in [0.25, 0.3) is 0 Å². The molecule has 8 heteroatoms. The highest BCUT2D eigenvalue weighted by molar-refractivity contribution is 6.21. The molecule has 6 nitrogen and oxygen atoms in total. The minimum absolute atomic E-state index is 0.0166. The van der Waals surface area contributed by atoms with Crippen molar-refractivity contribution < 1.29 is 14.3 Å². The van der Waals surface area contributed by atoms with Crippen molar-refractivity contribution in [3.8, 4) is 0 Å². The molecule has 1 N–H and O–H groups in total. The monoisotopic (exact) mass is 459 g/mol. The molecule has 0 aromatic rings. The summed E-state index contributed by atoms with van der Waals surface area (Å²) in [6.45, 7) is 6.05. The zero-order valence-electron chi connectivity index (χ0n) is 17.9. The Kier molecular flexibility index (Phi) is 8.87. The molecule has 1 aliphatic heterocycles. The predicted octanol–water partition coefficient (Wildman–Crippen LogP) is 2.63. The Hall–Kier alpha value is -0.820. The van der Waals surface area contributed by atoms with Crippen LogP contribution in [-0.2, 0) is 14.3 Å². The van der Waals surface area contributed by atoms with Gasteiger partial charge in [-0.05, 0) is 56.4 Å². The summed E-state index contributed by atoms with van der Waals surface area (Å²) in [5.74, 6) is 1.04. The number of methoxy groups -OCH3 is 1. The van der Waals surface area contributed by atoms with Crippen LogP contribution in [0.15, 0.2) is 12.7 Å². The molecule has 4 atom stereocenters. The second-order valence-corrected chi connectivity index (χ2v) is 10.0. The van der Waals surface area contributed by atoms with Crippen LogP contribution in [0.4, 0.5) is 0 Å². The molecule has 0 aromatic heterocycles. The molecule has 4 unspecified atom stereocenters. The van der Waals surface area contributed by atoms with E-state index in [0.717, 1.165) is 38.5 Å². The van der Waals surface area contributed by atoms with Gasteiger partial charge in [-0.2, -0.15) is 0 Å². The summed E-state index contributed by atoms with van der Waals surface area (Å²) in [5.41, 5.74) is 0. The molecule has 2 aliphatic carbocycles. The summed E-state index contributed by atoms with van der Waals surface area (Å²) in [4.78, 5) is 28.0. The number of hydrogen-bond acceptors (Lipinski definition) is 4. The van der Waals surface area contributed by atoms with E-state index >= 15 is 0 Å². The zero-order chi connectivity index (χ0) is 21.7. The van der Waals surface area contributed by atoms with Crippen molar-refractivity contribution in [1.82, 2.24) is 15.1 Å². The van der Waals surface area contributed by atoms with Crippen LogP contribution in [0.1, 0.15) is 38.5 Å². The van der Waals surface area contributed by atoms with E-state index in [2.05, 4.69) is 11.9 Å². The van der Waals surface area contributed by atoms with Crippen LogP contribution in [0.3, 0.4) is 0 Å². The second-order valence-electron chi connectivity index (χ2n) is 8.84. The summed E-state index contributed by atoms with van der Waals surface area (Å²) in [5, 5.41) is 3.88. The molecular formula is C22H35Cl2N3O3. The smallest absolute Gasteiger partial charge is 0.246 e. The van der Waals surface area contributed by atoms with Gasteiger partial charge in [-0.1, -0.05) is 6.58 Å². The molecule has 1 saturated heterocycles. The fourth-order valence-corrected chi connectivity index (χ4v) is 6.00. The molecule has 3 fully saturated rings. The van der Waals surface area contributed by atoms with E-state index < -0.39 is 0 Å². The lowest BCUT2D eigenvalue weighted by molar-refractivity contribution is -0.136. The molecule has 3 aliphatic rings. The fraction of sp³-hybridized carbons (Fsp3) is 0.818. The molecule has 0 aromatic carbocycles. The molecule has 3 rings (SSSR count). The maximum atomic E-state index is 12.7. The molecular weight excluding hydrogens is 425 g/mol. The number of rotatable bonds is 6. The number of amides is 2. The van der Waals surface area contributed by atoms with Crippen molar-refractivity contribution in [1.29, 1.82) is 0 Å². The lowest BCUT2D eigenvalue weighted by atomic mass is 9.71. The van der Waals surface area contributed by atoms with E-state index in [1.54, 1.807) is 12.0 Å². The number of hydrogen-bond donors (Lipinski definition) is 1. The predicted molar refractivity (Wildman–Crippen MR) is 120 cm³/mol. The van der Waals surface area contributed by atoms with E-state index in [-0.39, 0.29) is 35.9 Å². The summed E-state index contributed by atoms with van der Waals surface area (Å²) in [6, 6.07) is 0.122. The van der Waals surface area contributed by atoms with Gasteiger partial charge in [0, 0.05) is 50.1 Å². The van der Waals surface area contributed by atoms with Gasteiger partial charge in [-0.3, -0.25) is 9.59 Å². The largest absolute Gasteiger partial charge is 0.380 e. The Labute approximate surface area is 190 Å². The van der Waals surface area contributed by atoms with Gasteiger partial charge in [0.2, 0.25) is 11.8 Å². The van der Waals surface area contributed by atoms with Crippen molar-refractivity contribution in [3.05, 3.63) is 12.7 Å². The third-order valence-electron chi connectivity index (χ3n) is 7.14. The van der Waals surface area contributed by atoms with Gasteiger partial charge in [0.25, 0.3) is 0 Å². The highest BCUT2D eigenvalue weighted by Crippen LogP contribution is 2.42. The molecule has 2 amide bonds. The topological polar surface area (TPSA) is 61.9 Å². The minimum Gasteiger partial charge on any atom is -0.380 e. The van der Waals surface area contributed by atoms with Crippen molar-refractivity contribution in [2.75, 3.05) is 39.8 Å². The first-order chi connectivity index (χ1) is 14.4. The van der Waals surface area contributed by atoms with Crippen LogP contribution in [-0.4, -0.2) is 84.3 Å². The standard InChI is InChI=1S/C22H35Cl2N3O3/c1-3-21(28)26-8-10-27(11-9-26)22(29)14-25-19-12-17(18(24)13-20(19)30-2)15-4-6-16(23)7-5-15/h3,15-20,25H,1,4-14H2,2H3. The number of nitrogens with one attached hydrogen (secondary N) is 1. The number of carbonyl (C=O) groups excluding carboxylic acids is 2. The van der Waals surface area contributed by atoms with Crippen LogP contribution >= 0.6 is 23.2 Å². The van der Waals surface area contributed by atoms with Gasteiger partial charge in [0.05, 0.1) is 12.6 Å². The lowest BCUT2D eigenvalue weighted by Crippen LogP contribution is -2.55. The third-order valence-corrected chi connectivity index (χ3v) is 8.08. The first kappa shape index (κ1) is 23.8. The average molecular weight is 460 g/mol. The van der Waals surface area contributed by atoms with Crippen LogP contribution < -0.4 is 5.32 Å². The maximum absolute atomic E-state index is 12.7. The summed E-state index contributed by atoms with van der Waals surface area (Å²) in [7, 11) is 1.72. The van der Waals surface area contributed by atoms with Gasteiger partial charge in [0.1, 0.15) is 0 Å². The van der Waals surface area contributed by atoms with Crippen molar-refractivity contribution in [3.63, 3.8) is 0 Å². The summed E-state index contributed by atoms with van der Waals surface area (Å²) in [6.07, 6.45) is 7.48. The van der Waals surface area contributed by atoms with Gasteiger partial charge in [-0.15, -0.1) is 23.2 Å². The Morgan fingerprint density at radius 3 is 2.30 bits per heavy atom. The van der Waals surface area contributed by atoms with Crippen LogP contribution in [0.2, 0.25) is 0 Å². The number of ether oxygens (including phenoxy) is 1. The molecule has 0 bridgehead atoms. The Bertz CT molecular complexity index is 604. The Balaban J connectivity index is 1.50. The van der Waals surface area contributed by atoms with Crippen LogP contribution in [0.5, 0.6) is 0 Å². The van der Waals surface area contributed by atoms with Gasteiger partial charge >= 0.3 is 0 Å². The molecule has 1 heterocycles. The molecule has 170 valence electrons. The van der Waals surface area contributed by atoms with Crippen LogP contribution in [0, 0.1) is 11.8 Å². The van der Waals surface area contributed by atoms with Crippen molar-refractivity contribution >= 4 is 35.0 Å². The maximum Gasteiger partial charge on any atom is 0.246 e. The van der Waals surface area contributed by atoms with E-state index in [0.29, 0.717) is 43.4 Å². The summed E-state index contributed by atoms with van der Waals surface area (Å²) < 4.78 is 5.71. The quantitative estimate of drug-likeness (QED) is 0.489. The van der Waals surface area contributed by atoms with E-state index in [4.69, 9.17) is 27.9 Å². The number of nitrogens with zero attached hydrogens (tertiary/aromatic N) is 2. The van der Waals surface area contributed by atoms with Crippen molar-refractivity contribution in [2.24, 2.45) is 11.8 Å². The average Bonchev–Trinajstić information content (AvgIpc) is 2.78. The van der Waals surface area contributed by atoms with Gasteiger partial charge in [0.15, 0.2) is 0 Å². The molecule has 0 radical (unpaired) electrons. The van der Waals surface area contributed by atoms with Gasteiger partial charge < -0.3 is 19.9 Å². The van der Waals surface area contributed by atoms with E-state index in [1.165, 1.54) is 6.08 Å². The van der Waals surface area contributed by atoms with E-state index in [9.17, 15) is 9.59 Å². The number of halogens is 2. The molecule has 0 spiro atoms. The Morgan fingerprint density at radius 1 is 1.07 bits per heavy atom. The van der Waals surface area contributed by atoms with E-state index in [1.807, 2.05) is 4.90 Å². The first-order valence-corrected chi connectivity index (χ1v) is 12.0. The normalized spacial score (nSPS) is 35.2. The highest BCUT2D eigenvalue weighted by atomic mass is 35.5. The first-order valence-electron chi connectivity index (χ1n) is 11.2. The number of piperazine rings is 1. The Morgan fingerprint density at radius 2 is 1.70 bits per heavy atom. The molecule has 30 heavy (non-hydrogen) atoms. The lowest BCUT2D eigenvalue weighted by Gasteiger charge is -2.43. The molecule has 2 saturated carbocycles. The second kappa shape index (κ2) is 11.2. The SMILES string of the molecule is C=CC(=O)N1CCN(C(=O)CNC2CC(C3CCC(Cl)CC3)C(Cl)CC2OC)CC1.